The Bertz CT molecular complexity index is 384. The summed E-state index contributed by atoms with van der Waals surface area (Å²) in [5.74, 6) is 0.770. The molecule has 108 valence electrons. The van der Waals surface area contributed by atoms with E-state index in [4.69, 9.17) is 4.74 Å². The van der Waals surface area contributed by atoms with Gasteiger partial charge in [-0.05, 0) is 53.9 Å². The molecule has 2 atom stereocenters. The van der Waals surface area contributed by atoms with Crippen LogP contribution in [-0.4, -0.2) is 30.4 Å². The van der Waals surface area contributed by atoms with E-state index in [1.165, 1.54) is 5.56 Å². The van der Waals surface area contributed by atoms with Crippen molar-refractivity contribution in [2.45, 2.75) is 45.8 Å². The van der Waals surface area contributed by atoms with Crippen molar-refractivity contribution in [3.8, 4) is 5.75 Å². The van der Waals surface area contributed by atoms with Crippen LogP contribution in [0.2, 0.25) is 0 Å². The van der Waals surface area contributed by atoms with E-state index in [0.29, 0.717) is 19.2 Å². The third kappa shape index (κ3) is 6.41. The molecule has 0 saturated heterocycles. The number of hydrogen-bond donors (Lipinski definition) is 2. The summed E-state index contributed by atoms with van der Waals surface area (Å²) in [6.45, 7) is 7.18. The highest BCUT2D eigenvalue weighted by Gasteiger charge is 2.09. The molecule has 4 heteroatoms. The lowest BCUT2D eigenvalue weighted by Gasteiger charge is -2.17. The Hall–Kier alpha value is -0.580. The Kier molecular flexibility index (Phi) is 7.42. The molecule has 1 aromatic rings. The fourth-order valence-electron chi connectivity index (χ4n) is 1.84. The van der Waals surface area contributed by atoms with E-state index < -0.39 is 6.10 Å². The molecule has 1 aromatic carbocycles. The van der Waals surface area contributed by atoms with Gasteiger partial charge in [-0.2, -0.15) is 0 Å². The van der Waals surface area contributed by atoms with Crippen molar-refractivity contribution < 1.29 is 9.84 Å². The van der Waals surface area contributed by atoms with Crippen molar-refractivity contribution >= 4 is 15.9 Å². The number of hydrogen-bond acceptors (Lipinski definition) is 3. The molecular weight excluding hydrogens is 306 g/mol. The summed E-state index contributed by atoms with van der Waals surface area (Å²) in [6, 6.07) is 6.35. The summed E-state index contributed by atoms with van der Waals surface area (Å²) in [6.07, 6.45) is 1.78. The number of rotatable bonds is 8. The van der Waals surface area contributed by atoms with Gasteiger partial charge < -0.3 is 15.2 Å². The highest BCUT2D eigenvalue weighted by atomic mass is 79.9. The zero-order valence-electron chi connectivity index (χ0n) is 11.9. The molecule has 0 aromatic heterocycles. The van der Waals surface area contributed by atoms with Crippen molar-refractivity contribution in [3.63, 3.8) is 0 Å². The van der Waals surface area contributed by atoms with Crippen LogP contribution in [0.1, 0.15) is 32.3 Å². The van der Waals surface area contributed by atoms with Gasteiger partial charge in [0.05, 0.1) is 4.47 Å². The van der Waals surface area contributed by atoms with Crippen LogP contribution in [-0.2, 0) is 0 Å². The minimum absolute atomic E-state index is 0.299. The second kappa shape index (κ2) is 8.56. The van der Waals surface area contributed by atoms with Crippen LogP contribution in [0.4, 0.5) is 0 Å². The predicted molar refractivity (Wildman–Crippen MR) is 82.8 cm³/mol. The molecule has 2 N–H and O–H groups in total. The maximum Gasteiger partial charge on any atom is 0.133 e. The van der Waals surface area contributed by atoms with Crippen LogP contribution < -0.4 is 10.1 Å². The lowest BCUT2D eigenvalue weighted by Crippen LogP contribution is -2.36. The van der Waals surface area contributed by atoms with Crippen molar-refractivity contribution in [3.05, 3.63) is 28.2 Å². The van der Waals surface area contributed by atoms with E-state index >= 15 is 0 Å². The summed E-state index contributed by atoms with van der Waals surface area (Å²) >= 11 is 3.46. The molecule has 0 radical (unpaired) electrons. The predicted octanol–water partition coefficient (Wildman–Crippen LogP) is 3.28. The molecule has 0 aliphatic rings. The highest BCUT2D eigenvalue weighted by molar-refractivity contribution is 9.10. The van der Waals surface area contributed by atoms with Crippen molar-refractivity contribution in [2.24, 2.45) is 0 Å². The number of halogens is 1. The standard InChI is InChI=1S/C15H24BrNO2/c1-4-5-12(3)17-9-13(18)10-19-15-7-6-11(2)8-14(15)16/h6-8,12-13,17-18H,4-5,9-10H2,1-3H3. The molecular formula is C15H24BrNO2. The maximum atomic E-state index is 9.87. The molecule has 0 amide bonds. The van der Waals surface area contributed by atoms with Gasteiger partial charge in [-0.15, -0.1) is 0 Å². The minimum atomic E-state index is -0.493. The maximum absolute atomic E-state index is 9.87. The molecule has 0 heterocycles. The molecule has 0 saturated carbocycles. The molecule has 0 bridgehead atoms. The van der Waals surface area contributed by atoms with E-state index in [1.54, 1.807) is 0 Å². The number of ether oxygens (including phenoxy) is 1. The lowest BCUT2D eigenvalue weighted by molar-refractivity contribution is 0.103. The second-order valence-electron chi connectivity index (χ2n) is 5.00. The normalized spacial score (nSPS) is 14.2. The first kappa shape index (κ1) is 16.5. The molecule has 0 aliphatic heterocycles. The van der Waals surface area contributed by atoms with Crippen LogP contribution >= 0.6 is 15.9 Å². The van der Waals surface area contributed by atoms with Gasteiger partial charge in [-0.1, -0.05) is 19.4 Å². The smallest absolute Gasteiger partial charge is 0.133 e. The van der Waals surface area contributed by atoms with Gasteiger partial charge in [0.2, 0.25) is 0 Å². The summed E-state index contributed by atoms with van der Waals surface area (Å²) in [5.41, 5.74) is 1.18. The van der Waals surface area contributed by atoms with Gasteiger partial charge >= 0.3 is 0 Å². The lowest BCUT2D eigenvalue weighted by atomic mass is 10.2. The van der Waals surface area contributed by atoms with E-state index in [2.05, 4.69) is 35.1 Å². The molecule has 19 heavy (non-hydrogen) atoms. The van der Waals surface area contributed by atoms with Gasteiger partial charge in [-0.3, -0.25) is 0 Å². The van der Waals surface area contributed by atoms with Crippen LogP contribution in [0.25, 0.3) is 0 Å². The monoisotopic (exact) mass is 329 g/mol. The molecule has 0 fully saturated rings. The van der Waals surface area contributed by atoms with Crippen LogP contribution in [0.5, 0.6) is 5.75 Å². The third-order valence-corrected chi connectivity index (χ3v) is 3.56. The Morgan fingerprint density at radius 1 is 1.42 bits per heavy atom. The highest BCUT2D eigenvalue weighted by Crippen LogP contribution is 2.25. The Morgan fingerprint density at radius 2 is 2.16 bits per heavy atom. The van der Waals surface area contributed by atoms with E-state index in [-0.39, 0.29) is 0 Å². The SMILES string of the molecule is CCCC(C)NCC(O)COc1ccc(C)cc1Br. The Morgan fingerprint density at radius 3 is 2.79 bits per heavy atom. The van der Waals surface area contributed by atoms with Crippen LogP contribution in [0, 0.1) is 6.92 Å². The fraction of sp³-hybridized carbons (Fsp3) is 0.600. The average molecular weight is 330 g/mol. The summed E-state index contributed by atoms with van der Waals surface area (Å²) < 4.78 is 6.53. The van der Waals surface area contributed by atoms with Gasteiger partial charge in [-0.25, -0.2) is 0 Å². The zero-order valence-corrected chi connectivity index (χ0v) is 13.5. The van der Waals surface area contributed by atoms with Crippen LogP contribution in [0.15, 0.2) is 22.7 Å². The van der Waals surface area contributed by atoms with Gasteiger partial charge in [0.25, 0.3) is 0 Å². The summed E-state index contributed by atoms with van der Waals surface area (Å²) in [5, 5.41) is 13.2. The number of aliphatic hydroxyl groups excluding tert-OH is 1. The molecule has 3 nitrogen and oxygen atoms in total. The average Bonchev–Trinajstić information content (AvgIpc) is 2.35. The van der Waals surface area contributed by atoms with E-state index in [1.807, 2.05) is 25.1 Å². The topological polar surface area (TPSA) is 41.5 Å². The summed E-state index contributed by atoms with van der Waals surface area (Å²) in [4.78, 5) is 0. The Labute approximate surface area is 124 Å². The summed E-state index contributed by atoms with van der Waals surface area (Å²) in [7, 11) is 0. The van der Waals surface area contributed by atoms with Crippen molar-refractivity contribution in [2.75, 3.05) is 13.2 Å². The van der Waals surface area contributed by atoms with Gasteiger partial charge in [0, 0.05) is 12.6 Å². The van der Waals surface area contributed by atoms with E-state index in [9.17, 15) is 5.11 Å². The molecule has 1 rings (SSSR count). The molecule has 2 unspecified atom stereocenters. The van der Waals surface area contributed by atoms with Gasteiger partial charge in [0.15, 0.2) is 0 Å². The minimum Gasteiger partial charge on any atom is -0.490 e. The van der Waals surface area contributed by atoms with E-state index in [0.717, 1.165) is 23.1 Å². The fourth-order valence-corrected chi connectivity index (χ4v) is 2.45. The first-order valence-corrected chi connectivity index (χ1v) is 7.62. The first-order valence-electron chi connectivity index (χ1n) is 6.83. The molecule has 0 spiro atoms. The largest absolute Gasteiger partial charge is 0.490 e. The van der Waals surface area contributed by atoms with Crippen molar-refractivity contribution in [1.82, 2.24) is 5.32 Å². The number of benzene rings is 1. The number of nitrogens with one attached hydrogen (secondary N) is 1. The quantitative estimate of drug-likeness (QED) is 0.769. The third-order valence-electron chi connectivity index (χ3n) is 2.94. The van der Waals surface area contributed by atoms with Crippen molar-refractivity contribution in [1.29, 1.82) is 0 Å². The number of aryl methyl sites for hydroxylation is 1. The Balaban J connectivity index is 2.31. The molecule has 0 aliphatic carbocycles. The zero-order chi connectivity index (χ0) is 14.3. The van der Waals surface area contributed by atoms with Crippen LogP contribution in [0.3, 0.4) is 0 Å². The second-order valence-corrected chi connectivity index (χ2v) is 5.85. The van der Waals surface area contributed by atoms with Gasteiger partial charge in [0.1, 0.15) is 18.5 Å². The first-order chi connectivity index (χ1) is 9.02. The number of aliphatic hydroxyl groups is 1.